The van der Waals surface area contributed by atoms with Gasteiger partial charge in [-0.15, -0.1) is 0 Å². The first-order chi connectivity index (χ1) is 9.70. The summed E-state index contributed by atoms with van der Waals surface area (Å²) in [7, 11) is 0. The van der Waals surface area contributed by atoms with Crippen LogP contribution < -0.4 is 0 Å². The number of benzene rings is 2. The summed E-state index contributed by atoms with van der Waals surface area (Å²) in [5.41, 5.74) is 2.88. The van der Waals surface area contributed by atoms with Gasteiger partial charge in [0.05, 0.1) is 5.60 Å². The summed E-state index contributed by atoms with van der Waals surface area (Å²) in [6.07, 6.45) is 4.38. The normalized spacial score (nSPS) is 26.4. The van der Waals surface area contributed by atoms with Gasteiger partial charge in [-0.3, -0.25) is 0 Å². The summed E-state index contributed by atoms with van der Waals surface area (Å²) in [4.78, 5) is 0. The first-order valence-electron chi connectivity index (χ1n) is 7.58. The molecular formula is C19H22O. The first kappa shape index (κ1) is 13.4. The molecule has 1 saturated carbocycles. The number of hydrogen-bond donors (Lipinski definition) is 1. The van der Waals surface area contributed by atoms with Crippen molar-refractivity contribution in [1.82, 2.24) is 0 Å². The lowest BCUT2D eigenvalue weighted by Crippen LogP contribution is -2.36. The second-order valence-electron chi connectivity index (χ2n) is 6.01. The highest BCUT2D eigenvalue weighted by Crippen LogP contribution is 2.41. The third kappa shape index (κ3) is 2.38. The zero-order valence-electron chi connectivity index (χ0n) is 12.0. The van der Waals surface area contributed by atoms with Crippen molar-refractivity contribution in [2.75, 3.05) is 0 Å². The lowest BCUT2D eigenvalue weighted by atomic mass is 9.72. The highest BCUT2D eigenvalue weighted by molar-refractivity contribution is 5.63. The van der Waals surface area contributed by atoms with Crippen molar-refractivity contribution in [3.8, 4) is 11.1 Å². The Morgan fingerprint density at radius 2 is 1.55 bits per heavy atom. The topological polar surface area (TPSA) is 20.2 Å². The summed E-state index contributed by atoms with van der Waals surface area (Å²) in [5.74, 6) is 0.346. The fourth-order valence-electron chi connectivity index (χ4n) is 3.34. The van der Waals surface area contributed by atoms with Crippen LogP contribution in [0.3, 0.4) is 0 Å². The van der Waals surface area contributed by atoms with Crippen LogP contribution in [0.1, 0.15) is 38.2 Å². The molecule has 0 radical (unpaired) electrons. The van der Waals surface area contributed by atoms with E-state index in [-0.39, 0.29) is 0 Å². The van der Waals surface area contributed by atoms with E-state index in [1.807, 2.05) is 6.07 Å². The quantitative estimate of drug-likeness (QED) is 0.831. The average molecular weight is 266 g/mol. The largest absolute Gasteiger partial charge is 0.385 e. The van der Waals surface area contributed by atoms with Crippen LogP contribution in [0.15, 0.2) is 54.6 Å². The second-order valence-corrected chi connectivity index (χ2v) is 6.01. The van der Waals surface area contributed by atoms with Gasteiger partial charge in [0.2, 0.25) is 0 Å². The standard InChI is InChI=1S/C19H22O/c1-15-7-5-6-14-19(15,20)18-12-10-17(11-13-18)16-8-3-2-4-9-16/h2-4,8-13,15,20H,5-7,14H2,1H3. The van der Waals surface area contributed by atoms with Gasteiger partial charge in [-0.1, -0.05) is 74.4 Å². The fourth-order valence-corrected chi connectivity index (χ4v) is 3.34. The van der Waals surface area contributed by atoms with Crippen LogP contribution in [-0.2, 0) is 5.60 Å². The molecule has 2 unspecified atom stereocenters. The fraction of sp³-hybridized carbons (Fsp3) is 0.368. The van der Waals surface area contributed by atoms with Crippen molar-refractivity contribution < 1.29 is 5.11 Å². The van der Waals surface area contributed by atoms with Crippen molar-refractivity contribution >= 4 is 0 Å². The van der Waals surface area contributed by atoms with Gasteiger partial charge in [-0.2, -0.15) is 0 Å². The third-order valence-electron chi connectivity index (χ3n) is 4.75. The van der Waals surface area contributed by atoms with E-state index in [4.69, 9.17) is 0 Å². The Hall–Kier alpha value is -1.60. The zero-order chi connectivity index (χ0) is 14.0. The van der Waals surface area contributed by atoms with Gasteiger partial charge >= 0.3 is 0 Å². The van der Waals surface area contributed by atoms with Crippen molar-refractivity contribution in [2.24, 2.45) is 5.92 Å². The molecule has 1 N–H and O–H groups in total. The predicted molar refractivity (Wildman–Crippen MR) is 83.4 cm³/mol. The molecule has 2 aromatic rings. The Labute approximate surface area is 121 Å². The number of rotatable bonds is 2. The maximum Gasteiger partial charge on any atom is 0.0921 e. The molecule has 0 saturated heterocycles. The highest BCUT2D eigenvalue weighted by atomic mass is 16.3. The van der Waals surface area contributed by atoms with Crippen molar-refractivity contribution in [1.29, 1.82) is 0 Å². The van der Waals surface area contributed by atoms with Gasteiger partial charge in [-0.25, -0.2) is 0 Å². The van der Waals surface area contributed by atoms with Crippen LogP contribution in [-0.4, -0.2) is 5.11 Å². The Balaban J connectivity index is 1.90. The SMILES string of the molecule is CC1CCCCC1(O)c1ccc(-c2ccccc2)cc1. The van der Waals surface area contributed by atoms with Crippen LogP contribution in [0.5, 0.6) is 0 Å². The maximum atomic E-state index is 11.0. The average Bonchev–Trinajstić information content (AvgIpc) is 2.51. The first-order valence-corrected chi connectivity index (χ1v) is 7.58. The monoisotopic (exact) mass is 266 g/mol. The highest BCUT2D eigenvalue weighted by Gasteiger charge is 2.37. The molecule has 0 amide bonds. The van der Waals surface area contributed by atoms with Gasteiger partial charge in [-0.05, 0) is 35.4 Å². The molecule has 2 atom stereocenters. The van der Waals surface area contributed by atoms with Gasteiger partial charge in [0.1, 0.15) is 0 Å². The molecule has 1 nitrogen and oxygen atoms in total. The second kappa shape index (κ2) is 5.41. The minimum Gasteiger partial charge on any atom is -0.385 e. The number of hydrogen-bond acceptors (Lipinski definition) is 1. The summed E-state index contributed by atoms with van der Waals surface area (Å²) in [6, 6.07) is 18.8. The van der Waals surface area contributed by atoms with E-state index in [1.165, 1.54) is 17.5 Å². The van der Waals surface area contributed by atoms with Crippen LogP contribution in [0.4, 0.5) is 0 Å². The Kier molecular flexibility index (Phi) is 3.62. The lowest BCUT2D eigenvalue weighted by molar-refractivity contribution is -0.0469. The Bertz CT molecular complexity index is 558. The maximum absolute atomic E-state index is 11.0. The molecule has 104 valence electrons. The summed E-state index contributed by atoms with van der Waals surface area (Å²) in [6.45, 7) is 2.17. The molecule has 3 rings (SSSR count). The molecular weight excluding hydrogens is 244 g/mol. The van der Waals surface area contributed by atoms with E-state index >= 15 is 0 Å². The van der Waals surface area contributed by atoms with Crippen LogP contribution in [0.25, 0.3) is 11.1 Å². The molecule has 1 aliphatic carbocycles. The number of aliphatic hydroxyl groups is 1. The molecule has 0 aromatic heterocycles. The molecule has 1 aliphatic rings. The molecule has 0 spiro atoms. The zero-order valence-corrected chi connectivity index (χ0v) is 12.0. The van der Waals surface area contributed by atoms with Gasteiger partial charge in [0, 0.05) is 0 Å². The lowest BCUT2D eigenvalue weighted by Gasteiger charge is -2.38. The third-order valence-corrected chi connectivity index (χ3v) is 4.75. The van der Waals surface area contributed by atoms with E-state index in [0.717, 1.165) is 24.8 Å². The molecule has 1 fully saturated rings. The molecule has 2 aromatic carbocycles. The van der Waals surface area contributed by atoms with E-state index in [9.17, 15) is 5.11 Å². The van der Waals surface area contributed by atoms with Gasteiger partial charge < -0.3 is 5.11 Å². The smallest absolute Gasteiger partial charge is 0.0921 e. The van der Waals surface area contributed by atoms with Crippen molar-refractivity contribution in [2.45, 2.75) is 38.2 Å². The predicted octanol–water partition coefficient (Wildman–Crippen LogP) is 4.75. The minimum absolute atomic E-state index is 0.346. The van der Waals surface area contributed by atoms with E-state index < -0.39 is 5.60 Å². The summed E-state index contributed by atoms with van der Waals surface area (Å²) >= 11 is 0. The Morgan fingerprint density at radius 3 is 2.20 bits per heavy atom. The van der Waals surface area contributed by atoms with Crippen molar-refractivity contribution in [3.63, 3.8) is 0 Å². The van der Waals surface area contributed by atoms with E-state index in [2.05, 4.69) is 55.5 Å². The molecule has 1 heteroatoms. The van der Waals surface area contributed by atoms with Crippen LogP contribution in [0, 0.1) is 5.92 Å². The van der Waals surface area contributed by atoms with Crippen LogP contribution >= 0.6 is 0 Å². The summed E-state index contributed by atoms with van der Waals surface area (Å²) < 4.78 is 0. The van der Waals surface area contributed by atoms with Gasteiger partial charge in [0.25, 0.3) is 0 Å². The molecule has 0 bridgehead atoms. The van der Waals surface area contributed by atoms with E-state index in [0.29, 0.717) is 5.92 Å². The summed E-state index contributed by atoms with van der Waals surface area (Å²) in [5, 5.41) is 11.0. The van der Waals surface area contributed by atoms with E-state index in [1.54, 1.807) is 0 Å². The van der Waals surface area contributed by atoms with Gasteiger partial charge in [0.15, 0.2) is 0 Å². The molecule has 0 heterocycles. The Morgan fingerprint density at radius 1 is 0.900 bits per heavy atom. The minimum atomic E-state index is -0.631. The molecule has 20 heavy (non-hydrogen) atoms. The molecule has 0 aliphatic heterocycles. The van der Waals surface area contributed by atoms with Crippen LogP contribution in [0.2, 0.25) is 0 Å². The van der Waals surface area contributed by atoms with Crippen molar-refractivity contribution in [3.05, 3.63) is 60.2 Å².